The van der Waals surface area contributed by atoms with E-state index in [2.05, 4.69) is 15.9 Å². The fourth-order valence-corrected chi connectivity index (χ4v) is 3.61. The van der Waals surface area contributed by atoms with Crippen molar-refractivity contribution in [2.75, 3.05) is 0 Å². The molecule has 124 valence electrons. The van der Waals surface area contributed by atoms with Crippen LogP contribution >= 0.6 is 15.9 Å². The zero-order chi connectivity index (χ0) is 17.7. The normalized spacial score (nSPS) is 11.3. The topological polar surface area (TPSA) is 52.2 Å². The Balaban J connectivity index is 2.27. The molecule has 0 unspecified atom stereocenters. The molecule has 0 radical (unpaired) electrons. The van der Waals surface area contributed by atoms with Crippen LogP contribution in [0.1, 0.15) is 23.0 Å². The average molecular weight is 396 g/mol. The van der Waals surface area contributed by atoms with Gasteiger partial charge in [-0.05, 0) is 44.2 Å². The van der Waals surface area contributed by atoms with Gasteiger partial charge >= 0.3 is 5.63 Å². The Morgan fingerprint density at radius 2 is 1.68 bits per heavy atom. The first-order valence-corrected chi connectivity index (χ1v) is 8.62. The average Bonchev–Trinajstić information content (AvgIpc) is 2.88. The molecule has 2 aromatic heterocycles. The molecule has 0 amide bonds. The Morgan fingerprint density at radius 3 is 2.32 bits per heavy atom. The summed E-state index contributed by atoms with van der Waals surface area (Å²) in [6, 6.07) is 15.1. The zero-order valence-electron chi connectivity index (χ0n) is 13.7. The van der Waals surface area contributed by atoms with E-state index in [0.717, 1.165) is 26.8 Å². The van der Waals surface area contributed by atoms with Crippen LogP contribution in [0.4, 0.5) is 0 Å². The number of halogens is 1. The number of fused-ring (bicyclic) bond motifs is 3. The number of Topliss-reactive ketones (excluding diaryl/α,β-unsaturated/α-hetero) is 1. The molecule has 2 aromatic carbocycles. The number of hydrogen-bond acceptors (Lipinski definition) is 3. The van der Waals surface area contributed by atoms with Crippen molar-refractivity contribution in [3.05, 3.63) is 74.7 Å². The minimum absolute atomic E-state index is 0.128. The molecular weight excluding hydrogens is 382 g/mol. The SMILES string of the molecule is CC(=O)c1c(C)n(-c2ccc(Br)cc2)c2c1oc(=O)c1ccccc12. The van der Waals surface area contributed by atoms with Crippen molar-refractivity contribution in [2.45, 2.75) is 13.8 Å². The molecule has 0 atom stereocenters. The van der Waals surface area contributed by atoms with E-state index in [1.165, 1.54) is 6.92 Å². The summed E-state index contributed by atoms with van der Waals surface area (Å²) in [5.41, 5.74) is 2.75. The quantitative estimate of drug-likeness (QED) is 0.448. The van der Waals surface area contributed by atoms with Gasteiger partial charge in [-0.3, -0.25) is 4.79 Å². The van der Waals surface area contributed by atoms with Crippen molar-refractivity contribution >= 4 is 43.6 Å². The largest absolute Gasteiger partial charge is 0.420 e. The van der Waals surface area contributed by atoms with Crippen LogP contribution in [0.5, 0.6) is 0 Å². The maximum absolute atomic E-state index is 12.4. The lowest BCUT2D eigenvalue weighted by Gasteiger charge is -2.10. The first-order chi connectivity index (χ1) is 12.0. The third-order valence-electron chi connectivity index (χ3n) is 4.40. The Kier molecular flexibility index (Phi) is 3.62. The fourth-order valence-electron chi connectivity index (χ4n) is 3.35. The third-order valence-corrected chi connectivity index (χ3v) is 4.93. The Bertz CT molecular complexity index is 1200. The van der Waals surface area contributed by atoms with Crippen LogP contribution in [0, 0.1) is 6.92 Å². The molecule has 0 aliphatic heterocycles. The Morgan fingerprint density at radius 1 is 1.04 bits per heavy atom. The van der Waals surface area contributed by atoms with E-state index in [1.54, 1.807) is 12.1 Å². The van der Waals surface area contributed by atoms with Gasteiger partial charge in [0.2, 0.25) is 0 Å². The van der Waals surface area contributed by atoms with Gasteiger partial charge in [0.05, 0.1) is 16.5 Å². The van der Waals surface area contributed by atoms with Gasteiger partial charge in [-0.15, -0.1) is 0 Å². The molecular formula is C20H14BrNO3. The molecule has 0 aliphatic rings. The van der Waals surface area contributed by atoms with E-state index < -0.39 is 5.63 Å². The molecule has 0 spiro atoms. The Labute approximate surface area is 151 Å². The number of aromatic nitrogens is 1. The Hall–Kier alpha value is -2.66. The number of benzene rings is 2. The van der Waals surface area contributed by atoms with Crippen LogP contribution < -0.4 is 5.63 Å². The highest BCUT2D eigenvalue weighted by Gasteiger charge is 2.23. The fraction of sp³-hybridized carbons (Fsp3) is 0.100. The smallest absolute Gasteiger partial charge is 0.344 e. The van der Waals surface area contributed by atoms with Crippen LogP contribution in [0.2, 0.25) is 0 Å². The maximum atomic E-state index is 12.4. The number of hydrogen-bond donors (Lipinski definition) is 0. The summed E-state index contributed by atoms with van der Waals surface area (Å²) in [6.07, 6.45) is 0. The predicted octanol–water partition coefficient (Wildman–Crippen LogP) is 5.01. The highest BCUT2D eigenvalue weighted by molar-refractivity contribution is 9.10. The van der Waals surface area contributed by atoms with Gasteiger partial charge in [-0.25, -0.2) is 4.79 Å². The van der Waals surface area contributed by atoms with E-state index >= 15 is 0 Å². The number of nitrogens with zero attached hydrogens (tertiary/aromatic N) is 1. The second-order valence-corrected chi connectivity index (χ2v) is 6.86. The first kappa shape index (κ1) is 15.8. The first-order valence-electron chi connectivity index (χ1n) is 7.83. The molecule has 25 heavy (non-hydrogen) atoms. The van der Waals surface area contributed by atoms with Crippen LogP contribution in [0.15, 0.2) is 62.2 Å². The van der Waals surface area contributed by atoms with Crippen LogP contribution in [0.3, 0.4) is 0 Å². The lowest BCUT2D eigenvalue weighted by molar-refractivity contribution is 0.101. The number of carbonyl (C=O) groups excluding carboxylic acids is 1. The molecule has 0 saturated heterocycles. The number of ketones is 1. The molecule has 0 N–H and O–H groups in total. The van der Waals surface area contributed by atoms with Crippen molar-refractivity contribution in [1.29, 1.82) is 0 Å². The highest BCUT2D eigenvalue weighted by Crippen LogP contribution is 2.33. The van der Waals surface area contributed by atoms with Gasteiger partial charge in [0, 0.05) is 21.2 Å². The molecule has 0 aliphatic carbocycles. The number of carbonyl (C=O) groups is 1. The van der Waals surface area contributed by atoms with Gasteiger partial charge in [0.1, 0.15) is 0 Å². The van der Waals surface area contributed by atoms with Crippen LogP contribution in [-0.4, -0.2) is 10.4 Å². The summed E-state index contributed by atoms with van der Waals surface area (Å²) in [4.78, 5) is 24.6. The molecule has 4 nitrogen and oxygen atoms in total. The second kappa shape index (κ2) is 5.70. The van der Waals surface area contributed by atoms with Gasteiger partial charge in [0.25, 0.3) is 0 Å². The van der Waals surface area contributed by atoms with E-state index in [4.69, 9.17) is 4.42 Å². The minimum Gasteiger partial charge on any atom is -0.420 e. The summed E-state index contributed by atoms with van der Waals surface area (Å²) in [6.45, 7) is 3.36. The second-order valence-electron chi connectivity index (χ2n) is 5.94. The molecule has 0 saturated carbocycles. The van der Waals surface area contributed by atoms with Gasteiger partial charge < -0.3 is 8.98 Å². The van der Waals surface area contributed by atoms with Crippen molar-refractivity contribution in [1.82, 2.24) is 4.57 Å². The van der Waals surface area contributed by atoms with Crippen molar-refractivity contribution < 1.29 is 9.21 Å². The van der Waals surface area contributed by atoms with Gasteiger partial charge in [-0.2, -0.15) is 0 Å². The predicted molar refractivity (Wildman–Crippen MR) is 102 cm³/mol. The van der Waals surface area contributed by atoms with E-state index in [1.807, 2.05) is 47.9 Å². The number of rotatable bonds is 2. The summed E-state index contributed by atoms with van der Waals surface area (Å²) in [5, 5.41) is 1.27. The van der Waals surface area contributed by atoms with Crippen molar-refractivity contribution in [3.63, 3.8) is 0 Å². The summed E-state index contributed by atoms with van der Waals surface area (Å²) in [5.74, 6) is -0.128. The molecule has 0 fully saturated rings. The molecule has 4 rings (SSSR count). The molecule has 4 aromatic rings. The van der Waals surface area contributed by atoms with E-state index in [0.29, 0.717) is 16.5 Å². The summed E-state index contributed by atoms with van der Waals surface area (Å²) >= 11 is 3.44. The van der Waals surface area contributed by atoms with E-state index in [9.17, 15) is 9.59 Å². The molecule has 2 heterocycles. The highest BCUT2D eigenvalue weighted by atomic mass is 79.9. The van der Waals surface area contributed by atoms with Crippen LogP contribution in [0.25, 0.3) is 27.6 Å². The summed E-state index contributed by atoms with van der Waals surface area (Å²) in [7, 11) is 0. The molecule has 5 heteroatoms. The third kappa shape index (κ3) is 2.35. The van der Waals surface area contributed by atoms with Gasteiger partial charge in [-0.1, -0.05) is 34.1 Å². The maximum Gasteiger partial charge on any atom is 0.344 e. The lowest BCUT2D eigenvalue weighted by atomic mass is 10.1. The lowest BCUT2D eigenvalue weighted by Crippen LogP contribution is -2.01. The van der Waals surface area contributed by atoms with Crippen molar-refractivity contribution in [2.24, 2.45) is 0 Å². The van der Waals surface area contributed by atoms with Gasteiger partial charge in [0.15, 0.2) is 11.4 Å². The monoisotopic (exact) mass is 395 g/mol. The van der Waals surface area contributed by atoms with Crippen LogP contribution in [-0.2, 0) is 0 Å². The molecule has 0 bridgehead atoms. The summed E-state index contributed by atoms with van der Waals surface area (Å²) < 4.78 is 8.51. The zero-order valence-corrected chi connectivity index (χ0v) is 15.3. The standard InChI is InChI=1S/C20H14BrNO3/c1-11-17(12(2)23)19-18(22(11)14-9-7-13(21)8-10-14)15-5-3-4-6-16(15)20(24)25-19/h3-10H,1-2H3. The van der Waals surface area contributed by atoms with E-state index in [-0.39, 0.29) is 5.78 Å². The van der Waals surface area contributed by atoms with Crippen molar-refractivity contribution in [3.8, 4) is 5.69 Å². The minimum atomic E-state index is -0.432.